The van der Waals surface area contributed by atoms with Crippen molar-refractivity contribution < 1.29 is 5.11 Å². The summed E-state index contributed by atoms with van der Waals surface area (Å²) in [6, 6.07) is 6.03. The summed E-state index contributed by atoms with van der Waals surface area (Å²) in [4.78, 5) is 11.1. The zero-order valence-corrected chi connectivity index (χ0v) is 14.6. The Morgan fingerprint density at radius 1 is 1.12 bits per heavy atom. The molecular weight excluding hydrogens is 338 g/mol. The number of halogens is 1. The predicted molar refractivity (Wildman–Crippen MR) is 97.6 cm³/mol. The topological polar surface area (TPSA) is 67.1 Å². The lowest BCUT2D eigenvalue weighted by molar-refractivity contribution is 0.146. The summed E-state index contributed by atoms with van der Waals surface area (Å²) in [5, 5.41) is 14.1. The number of β-amino-alcohol motifs (C(OH)–C–C–N with tert-alkyl or cyclic N) is 1. The fourth-order valence-corrected chi connectivity index (χ4v) is 3.53. The fourth-order valence-electron chi connectivity index (χ4n) is 3.38. The molecule has 0 saturated carbocycles. The Labute approximate surface area is 151 Å². The number of hydrogen-bond acceptors (Lipinski definition) is 5. The molecule has 0 radical (unpaired) electrons. The first-order valence-corrected chi connectivity index (χ1v) is 8.91. The lowest BCUT2D eigenvalue weighted by Crippen LogP contribution is -2.36. The number of rotatable bonds is 4. The van der Waals surface area contributed by atoms with Gasteiger partial charge in [-0.3, -0.25) is 9.67 Å². The average Bonchev–Trinajstić information content (AvgIpc) is 3.12. The zero-order chi connectivity index (χ0) is 17.2. The molecule has 3 aromatic rings. The molecular formula is C18H20ClN5O. The van der Waals surface area contributed by atoms with Crippen LogP contribution in [-0.2, 0) is 0 Å². The van der Waals surface area contributed by atoms with Crippen LogP contribution in [0.25, 0.3) is 22.2 Å². The quantitative estimate of drug-likeness (QED) is 0.727. The number of likely N-dealkylation sites (tertiary alicyclic amines) is 1. The average molecular weight is 358 g/mol. The van der Waals surface area contributed by atoms with Gasteiger partial charge in [0.1, 0.15) is 5.15 Å². The van der Waals surface area contributed by atoms with Crippen molar-refractivity contribution >= 4 is 22.6 Å². The van der Waals surface area contributed by atoms with Crippen LogP contribution in [0.15, 0.2) is 36.8 Å². The van der Waals surface area contributed by atoms with E-state index in [0.29, 0.717) is 11.2 Å². The Balaban J connectivity index is 1.53. The monoisotopic (exact) mass is 357 g/mol. The third kappa shape index (κ3) is 3.51. The van der Waals surface area contributed by atoms with Crippen LogP contribution in [0.3, 0.4) is 0 Å². The van der Waals surface area contributed by atoms with Crippen molar-refractivity contribution in [1.82, 2.24) is 24.6 Å². The summed E-state index contributed by atoms with van der Waals surface area (Å²) in [5.74, 6) is 0. The highest BCUT2D eigenvalue weighted by Crippen LogP contribution is 2.26. The van der Waals surface area contributed by atoms with E-state index in [-0.39, 0.29) is 6.61 Å². The molecule has 1 aliphatic rings. The van der Waals surface area contributed by atoms with Gasteiger partial charge in [0, 0.05) is 43.2 Å². The second kappa shape index (κ2) is 7.07. The van der Waals surface area contributed by atoms with Gasteiger partial charge in [-0.2, -0.15) is 5.10 Å². The van der Waals surface area contributed by atoms with Crippen molar-refractivity contribution in [3.05, 3.63) is 41.9 Å². The molecule has 1 fully saturated rings. The Hall–Kier alpha value is -2.02. The first kappa shape index (κ1) is 16.4. The number of aromatic nitrogens is 4. The van der Waals surface area contributed by atoms with Gasteiger partial charge in [-0.15, -0.1) is 0 Å². The van der Waals surface area contributed by atoms with Crippen LogP contribution < -0.4 is 0 Å². The normalized spacial score (nSPS) is 16.6. The van der Waals surface area contributed by atoms with Crippen LogP contribution in [-0.4, -0.2) is 56.0 Å². The minimum Gasteiger partial charge on any atom is -0.395 e. The van der Waals surface area contributed by atoms with E-state index in [4.69, 9.17) is 16.7 Å². The number of aliphatic hydroxyl groups excluding tert-OH is 1. The van der Waals surface area contributed by atoms with Crippen LogP contribution in [0.2, 0.25) is 5.15 Å². The lowest BCUT2D eigenvalue weighted by Gasteiger charge is -2.31. The molecule has 1 aliphatic heterocycles. The molecule has 0 unspecified atom stereocenters. The van der Waals surface area contributed by atoms with Crippen LogP contribution in [0.5, 0.6) is 0 Å². The van der Waals surface area contributed by atoms with Crippen LogP contribution in [0.4, 0.5) is 0 Å². The minimum absolute atomic E-state index is 0.226. The number of aliphatic hydroxyl groups is 1. The Morgan fingerprint density at radius 3 is 2.76 bits per heavy atom. The van der Waals surface area contributed by atoms with Crippen molar-refractivity contribution in [3.8, 4) is 11.1 Å². The molecule has 0 bridgehead atoms. The largest absolute Gasteiger partial charge is 0.395 e. The zero-order valence-electron chi connectivity index (χ0n) is 13.8. The van der Waals surface area contributed by atoms with Gasteiger partial charge in [0.05, 0.1) is 29.9 Å². The third-order valence-corrected chi connectivity index (χ3v) is 5.00. The number of nitrogens with zero attached hydrogens (tertiary/aromatic N) is 5. The molecule has 0 aliphatic carbocycles. The van der Waals surface area contributed by atoms with Crippen molar-refractivity contribution in [2.75, 3.05) is 26.2 Å². The van der Waals surface area contributed by atoms with Gasteiger partial charge in [0.25, 0.3) is 0 Å². The summed E-state index contributed by atoms with van der Waals surface area (Å²) in [6.07, 6.45) is 7.92. The molecule has 3 aromatic heterocycles. The molecule has 6 nitrogen and oxygen atoms in total. The fraction of sp³-hybridized carbons (Fsp3) is 0.389. The summed E-state index contributed by atoms with van der Waals surface area (Å²) in [6.45, 7) is 2.99. The van der Waals surface area contributed by atoms with Gasteiger partial charge in [-0.05, 0) is 31.0 Å². The summed E-state index contributed by atoms with van der Waals surface area (Å²) in [7, 11) is 0. The van der Waals surface area contributed by atoms with E-state index in [1.807, 2.05) is 24.5 Å². The first-order valence-electron chi connectivity index (χ1n) is 8.53. The van der Waals surface area contributed by atoms with Crippen LogP contribution >= 0.6 is 11.6 Å². The van der Waals surface area contributed by atoms with E-state index in [1.54, 1.807) is 6.07 Å². The van der Waals surface area contributed by atoms with Gasteiger partial charge in [-0.25, -0.2) is 4.98 Å². The molecule has 0 amide bonds. The smallest absolute Gasteiger partial charge is 0.129 e. The minimum atomic E-state index is 0.226. The summed E-state index contributed by atoms with van der Waals surface area (Å²) < 4.78 is 2.06. The number of fused-ring (bicyclic) bond motifs is 1. The second-order valence-corrected chi connectivity index (χ2v) is 6.79. The highest BCUT2D eigenvalue weighted by atomic mass is 35.5. The molecule has 0 atom stereocenters. The van der Waals surface area contributed by atoms with E-state index in [1.165, 1.54) is 0 Å². The summed E-state index contributed by atoms with van der Waals surface area (Å²) >= 11 is 5.98. The van der Waals surface area contributed by atoms with Crippen molar-refractivity contribution in [3.63, 3.8) is 0 Å². The maximum Gasteiger partial charge on any atom is 0.129 e. The Bertz CT molecular complexity index is 873. The lowest BCUT2D eigenvalue weighted by atomic mass is 10.1. The maximum absolute atomic E-state index is 9.04. The third-order valence-electron chi connectivity index (χ3n) is 4.79. The highest BCUT2D eigenvalue weighted by Gasteiger charge is 2.21. The molecule has 4 heterocycles. The van der Waals surface area contributed by atoms with Gasteiger partial charge >= 0.3 is 0 Å². The van der Waals surface area contributed by atoms with Crippen molar-refractivity contribution in [1.29, 1.82) is 0 Å². The SMILES string of the molecule is OCCN1CCC(n2cc(-c3cnc4ccc(Cl)nc4c3)cn2)CC1. The number of pyridine rings is 2. The standard InChI is InChI=1S/C18H20ClN5O/c19-18-2-1-16-17(22-18)9-13(10-20-16)14-11-21-24(12-14)15-3-5-23(6-4-15)7-8-25/h1-2,9-12,15,25H,3-8H2. The number of hydrogen-bond donors (Lipinski definition) is 1. The molecule has 1 N–H and O–H groups in total. The molecule has 4 rings (SSSR count). The number of piperidine rings is 1. The summed E-state index contributed by atoms with van der Waals surface area (Å²) in [5.41, 5.74) is 3.65. The van der Waals surface area contributed by atoms with Crippen molar-refractivity contribution in [2.24, 2.45) is 0 Å². The van der Waals surface area contributed by atoms with Crippen LogP contribution in [0.1, 0.15) is 18.9 Å². The molecule has 0 spiro atoms. The molecule has 1 saturated heterocycles. The van der Waals surface area contributed by atoms with Gasteiger partial charge in [0.15, 0.2) is 0 Å². The Morgan fingerprint density at radius 2 is 1.96 bits per heavy atom. The van der Waals surface area contributed by atoms with Gasteiger partial charge in [-0.1, -0.05) is 11.6 Å². The second-order valence-electron chi connectivity index (χ2n) is 6.40. The van der Waals surface area contributed by atoms with E-state index >= 15 is 0 Å². The van der Waals surface area contributed by atoms with Crippen molar-refractivity contribution in [2.45, 2.75) is 18.9 Å². The van der Waals surface area contributed by atoms with Gasteiger partial charge < -0.3 is 10.0 Å². The highest BCUT2D eigenvalue weighted by molar-refractivity contribution is 6.29. The molecule has 130 valence electrons. The molecule has 0 aromatic carbocycles. The maximum atomic E-state index is 9.04. The van der Waals surface area contributed by atoms with E-state index in [0.717, 1.165) is 54.6 Å². The molecule has 25 heavy (non-hydrogen) atoms. The Kier molecular flexibility index (Phi) is 4.65. The molecule has 7 heteroatoms. The first-order chi connectivity index (χ1) is 12.2. The van der Waals surface area contributed by atoms with E-state index in [2.05, 4.69) is 30.8 Å². The predicted octanol–water partition coefficient (Wildman–Crippen LogP) is 2.78. The van der Waals surface area contributed by atoms with E-state index < -0.39 is 0 Å². The van der Waals surface area contributed by atoms with Crippen LogP contribution in [0, 0.1) is 0 Å². The van der Waals surface area contributed by atoms with Gasteiger partial charge in [0.2, 0.25) is 0 Å². The van der Waals surface area contributed by atoms with E-state index in [9.17, 15) is 0 Å².